The molecule has 4 nitrogen and oxygen atoms in total. The van der Waals surface area contributed by atoms with Crippen molar-refractivity contribution in [2.24, 2.45) is 5.10 Å². The molecule has 1 aliphatic heterocycles. The summed E-state index contributed by atoms with van der Waals surface area (Å²) in [5, 5.41) is 5.94. The van der Waals surface area contributed by atoms with Gasteiger partial charge < -0.3 is 4.98 Å². The standard InChI is InChI=1S/C6H8N4/c1-2-9-10(5-1)6-7-3-4-8-6/h2-4H,1,5H2,(H,7,8). The molecule has 1 aromatic rings. The molecule has 2 heterocycles. The van der Waals surface area contributed by atoms with Crippen LogP contribution in [-0.4, -0.2) is 22.7 Å². The van der Waals surface area contributed by atoms with E-state index >= 15 is 0 Å². The summed E-state index contributed by atoms with van der Waals surface area (Å²) in [5.41, 5.74) is 0. The molecule has 0 saturated carbocycles. The molecule has 1 aromatic heterocycles. The molecule has 0 aliphatic carbocycles. The first-order valence-electron chi connectivity index (χ1n) is 3.26. The average molecular weight is 136 g/mol. The highest BCUT2D eigenvalue weighted by Gasteiger charge is 2.08. The fourth-order valence-corrected chi connectivity index (χ4v) is 0.953. The molecule has 1 N–H and O–H groups in total. The molecule has 0 radical (unpaired) electrons. The first-order chi connectivity index (χ1) is 4.97. The summed E-state index contributed by atoms with van der Waals surface area (Å²) < 4.78 is 0. The van der Waals surface area contributed by atoms with E-state index in [1.807, 2.05) is 11.2 Å². The minimum Gasteiger partial charge on any atom is -0.329 e. The van der Waals surface area contributed by atoms with Gasteiger partial charge in [0.25, 0.3) is 0 Å². The van der Waals surface area contributed by atoms with Crippen molar-refractivity contribution in [3.8, 4) is 0 Å². The number of nitrogens with one attached hydrogen (secondary N) is 1. The van der Waals surface area contributed by atoms with Crippen molar-refractivity contribution in [1.82, 2.24) is 9.97 Å². The van der Waals surface area contributed by atoms with Crippen LogP contribution >= 0.6 is 0 Å². The van der Waals surface area contributed by atoms with Gasteiger partial charge in [-0.1, -0.05) is 0 Å². The monoisotopic (exact) mass is 136 g/mol. The summed E-state index contributed by atoms with van der Waals surface area (Å²) in [7, 11) is 0. The van der Waals surface area contributed by atoms with E-state index in [0.717, 1.165) is 18.9 Å². The van der Waals surface area contributed by atoms with Crippen molar-refractivity contribution in [2.75, 3.05) is 11.6 Å². The zero-order valence-corrected chi connectivity index (χ0v) is 5.49. The maximum Gasteiger partial charge on any atom is 0.223 e. The Morgan fingerprint density at radius 1 is 1.60 bits per heavy atom. The first kappa shape index (κ1) is 5.46. The van der Waals surface area contributed by atoms with Crippen LogP contribution in [0.15, 0.2) is 17.5 Å². The lowest BCUT2D eigenvalue weighted by molar-refractivity contribution is 0.880. The van der Waals surface area contributed by atoms with Gasteiger partial charge in [-0.2, -0.15) is 5.10 Å². The van der Waals surface area contributed by atoms with Gasteiger partial charge in [-0.05, 0) is 0 Å². The number of anilines is 1. The van der Waals surface area contributed by atoms with E-state index < -0.39 is 0 Å². The third-order valence-electron chi connectivity index (χ3n) is 1.42. The molecule has 0 fully saturated rings. The molecular weight excluding hydrogens is 128 g/mol. The van der Waals surface area contributed by atoms with E-state index in [4.69, 9.17) is 0 Å². The Labute approximate surface area is 58.6 Å². The fourth-order valence-electron chi connectivity index (χ4n) is 0.953. The van der Waals surface area contributed by atoms with Crippen LogP contribution in [0.4, 0.5) is 5.95 Å². The largest absolute Gasteiger partial charge is 0.329 e. The van der Waals surface area contributed by atoms with Crippen molar-refractivity contribution >= 4 is 12.2 Å². The second-order valence-electron chi connectivity index (χ2n) is 2.12. The number of imidazole rings is 1. The van der Waals surface area contributed by atoms with Crippen LogP contribution in [0.25, 0.3) is 0 Å². The SMILES string of the molecule is C1=NN(c2ncc[nH]2)CC1. The third-order valence-corrected chi connectivity index (χ3v) is 1.42. The minimum absolute atomic E-state index is 0.828. The Morgan fingerprint density at radius 2 is 2.60 bits per heavy atom. The average Bonchev–Trinajstić information content (AvgIpc) is 2.59. The highest BCUT2D eigenvalue weighted by molar-refractivity contribution is 5.63. The summed E-state index contributed by atoms with van der Waals surface area (Å²) in [6, 6.07) is 0. The van der Waals surface area contributed by atoms with Crippen molar-refractivity contribution < 1.29 is 0 Å². The Kier molecular flexibility index (Phi) is 1.16. The quantitative estimate of drug-likeness (QED) is 0.614. The van der Waals surface area contributed by atoms with Gasteiger partial charge >= 0.3 is 0 Å². The molecule has 0 amide bonds. The topological polar surface area (TPSA) is 44.3 Å². The van der Waals surface area contributed by atoms with Gasteiger partial charge in [0, 0.05) is 31.6 Å². The first-order valence-corrected chi connectivity index (χ1v) is 3.26. The molecular formula is C6H8N4. The van der Waals surface area contributed by atoms with Crippen LogP contribution in [0.1, 0.15) is 6.42 Å². The Hall–Kier alpha value is -1.32. The van der Waals surface area contributed by atoms with Crippen molar-refractivity contribution in [2.45, 2.75) is 6.42 Å². The Bertz CT molecular complexity index is 226. The zero-order valence-electron chi connectivity index (χ0n) is 5.49. The van der Waals surface area contributed by atoms with Crippen LogP contribution in [0.3, 0.4) is 0 Å². The maximum atomic E-state index is 4.09. The predicted octanol–water partition coefficient (Wildman–Crippen LogP) is 0.606. The maximum absolute atomic E-state index is 4.09. The normalized spacial score (nSPS) is 16.6. The van der Waals surface area contributed by atoms with Crippen molar-refractivity contribution in [1.29, 1.82) is 0 Å². The molecule has 0 bridgehead atoms. The lowest BCUT2D eigenvalue weighted by atomic mass is 10.5. The molecule has 0 unspecified atom stereocenters. The lowest BCUT2D eigenvalue weighted by Crippen LogP contribution is -2.12. The van der Waals surface area contributed by atoms with Gasteiger partial charge in [0.05, 0.1) is 0 Å². The van der Waals surface area contributed by atoms with E-state index in [9.17, 15) is 0 Å². The summed E-state index contributed by atoms with van der Waals surface area (Å²) in [6.45, 7) is 0.938. The van der Waals surface area contributed by atoms with E-state index in [1.54, 1.807) is 12.4 Å². The molecule has 4 heteroatoms. The molecule has 0 atom stereocenters. The number of aromatic nitrogens is 2. The number of aromatic amines is 1. The fraction of sp³-hybridized carbons (Fsp3) is 0.333. The number of rotatable bonds is 1. The summed E-state index contributed by atoms with van der Waals surface area (Å²) in [6.07, 6.45) is 6.43. The van der Waals surface area contributed by atoms with E-state index in [0.29, 0.717) is 0 Å². The van der Waals surface area contributed by atoms with Crippen LogP contribution in [0.5, 0.6) is 0 Å². The number of hydrazone groups is 1. The highest BCUT2D eigenvalue weighted by Crippen LogP contribution is 2.09. The van der Waals surface area contributed by atoms with Gasteiger partial charge in [0.2, 0.25) is 5.95 Å². The molecule has 10 heavy (non-hydrogen) atoms. The van der Waals surface area contributed by atoms with Gasteiger partial charge in [-0.15, -0.1) is 0 Å². The molecule has 0 spiro atoms. The van der Waals surface area contributed by atoms with Crippen LogP contribution in [-0.2, 0) is 0 Å². The Balaban J connectivity index is 2.20. The molecule has 1 aliphatic rings. The second kappa shape index (κ2) is 2.13. The summed E-state index contributed by atoms with van der Waals surface area (Å²) >= 11 is 0. The van der Waals surface area contributed by atoms with Gasteiger partial charge in [0.1, 0.15) is 0 Å². The zero-order chi connectivity index (χ0) is 6.81. The van der Waals surface area contributed by atoms with Crippen molar-refractivity contribution in [3.63, 3.8) is 0 Å². The smallest absolute Gasteiger partial charge is 0.223 e. The highest BCUT2D eigenvalue weighted by atomic mass is 15.5. The number of hydrogen-bond acceptors (Lipinski definition) is 3. The second-order valence-corrected chi connectivity index (χ2v) is 2.12. The third kappa shape index (κ3) is 0.775. The van der Waals surface area contributed by atoms with E-state index in [2.05, 4.69) is 15.1 Å². The van der Waals surface area contributed by atoms with Crippen molar-refractivity contribution in [3.05, 3.63) is 12.4 Å². The van der Waals surface area contributed by atoms with Crippen LogP contribution in [0, 0.1) is 0 Å². The molecule has 0 saturated heterocycles. The Morgan fingerprint density at radius 3 is 3.20 bits per heavy atom. The van der Waals surface area contributed by atoms with E-state index in [1.165, 1.54) is 0 Å². The minimum atomic E-state index is 0.828. The number of hydrogen-bond donors (Lipinski definition) is 1. The summed E-state index contributed by atoms with van der Waals surface area (Å²) in [5.74, 6) is 0.828. The number of H-pyrrole nitrogens is 1. The van der Waals surface area contributed by atoms with Gasteiger partial charge in [0.15, 0.2) is 0 Å². The summed E-state index contributed by atoms with van der Waals surface area (Å²) in [4.78, 5) is 7.04. The van der Waals surface area contributed by atoms with Crippen LogP contribution in [0.2, 0.25) is 0 Å². The van der Waals surface area contributed by atoms with E-state index in [-0.39, 0.29) is 0 Å². The predicted molar refractivity (Wildman–Crippen MR) is 39.0 cm³/mol. The van der Waals surface area contributed by atoms with Gasteiger partial charge in [-0.3, -0.25) is 0 Å². The van der Waals surface area contributed by atoms with Crippen LogP contribution < -0.4 is 5.01 Å². The number of nitrogens with zero attached hydrogens (tertiary/aromatic N) is 3. The van der Waals surface area contributed by atoms with Gasteiger partial charge in [-0.25, -0.2) is 9.99 Å². The molecule has 2 rings (SSSR count). The molecule has 52 valence electrons. The molecule has 0 aromatic carbocycles. The lowest BCUT2D eigenvalue weighted by Gasteiger charge is -2.07.